The first-order chi connectivity index (χ1) is 11.2. The second-order valence-electron chi connectivity index (χ2n) is 5.85. The summed E-state index contributed by atoms with van der Waals surface area (Å²) in [6, 6.07) is 8.36. The zero-order valence-electron chi connectivity index (χ0n) is 13.2. The van der Waals surface area contributed by atoms with Crippen LogP contribution >= 0.6 is 15.9 Å². The lowest BCUT2D eigenvalue weighted by molar-refractivity contribution is 0.0955. The molecule has 0 fully saturated rings. The second-order valence-corrected chi connectivity index (χ2v) is 8.56. The molecule has 0 saturated carbocycles. The van der Waals surface area contributed by atoms with Gasteiger partial charge in [-0.15, -0.1) is 0 Å². The lowest BCUT2D eigenvalue weighted by Crippen LogP contribution is -2.41. The van der Waals surface area contributed by atoms with E-state index in [1.807, 2.05) is 32.0 Å². The van der Waals surface area contributed by atoms with Crippen LogP contribution < -0.4 is 4.90 Å². The number of halogens is 1. The number of aryl methyl sites for hydroxylation is 2. The molecule has 0 aliphatic carbocycles. The van der Waals surface area contributed by atoms with E-state index in [1.165, 1.54) is 10.3 Å². The quantitative estimate of drug-likeness (QED) is 0.775. The van der Waals surface area contributed by atoms with E-state index < -0.39 is 15.9 Å². The van der Waals surface area contributed by atoms with Crippen molar-refractivity contribution < 1.29 is 17.6 Å². The van der Waals surface area contributed by atoms with Crippen molar-refractivity contribution in [3.63, 3.8) is 0 Å². The van der Waals surface area contributed by atoms with Crippen LogP contribution in [-0.2, 0) is 9.84 Å². The zero-order valence-corrected chi connectivity index (χ0v) is 15.6. The van der Waals surface area contributed by atoms with Gasteiger partial charge in [0, 0.05) is 11.1 Å². The van der Waals surface area contributed by atoms with Gasteiger partial charge in [0.2, 0.25) is 0 Å². The summed E-state index contributed by atoms with van der Waals surface area (Å²) in [6.45, 7) is 3.87. The summed E-state index contributed by atoms with van der Waals surface area (Å²) < 4.78 is 29.5. The summed E-state index contributed by atoms with van der Waals surface area (Å²) in [6.07, 6.45) is 1.54. The molecule has 0 bridgehead atoms. The molecule has 1 aliphatic rings. The van der Waals surface area contributed by atoms with Crippen LogP contribution in [0.4, 0.5) is 5.69 Å². The van der Waals surface area contributed by atoms with Crippen LogP contribution in [0.25, 0.3) is 0 Å². The Morgan fingerprint density at radius 3 is 2.38 bits per heavy atom. The van der Waals surface area contributed by atoms with Crippen LogP contribution in [0, 0.1) is 13.8 Å². The molecule has 0 N–H and O–H groups in total. The van der Waals surface area contributed by atoms with Crippen molar-refractivity contribution in [1.29, 1.82) is 0 Å². The number of benzene rings is 1. The number of rotatable bonds is 3. The maximum Gasteiger partial charge on any atom is 0.294 e. The van der Waals surface area contributed by atoms with Gasteiger partial charge in [0.25, 0.3) is 5.91 Å². The van der Waals surface area contributed by atoms with Gasteiger partial charge in [-0.3, -0.25) is 9.69 Å². The highest BCUT2D eigenvalue weighted by Crippen LogP contribution is 2.28. The molecule has 0 unspecified atom stereocenters. The third-order valence-electron chi connectivity index (χ3n) is 3.73. The van der Waals surface area contributed by atoms with Crippen LogP contribution in [0.2, 0.25) is 0 Å². The highest BCUT2D eigenvalue weighted by atomic mass is 79.9. The molecule has 2 aromatic rings. The first kappa shape index (κ1) is 17.0. The Hall–Kier alpha value is -1.86. The largest absolute Gasteiger partial charge is 0.444 e. The van der Waals surface area contributed by atoms with Gasteiger partial charge in [-0.2, -0.15) is 0 Å². The SMILES string of the molecule is Cc1cc(C)cc(N(C(=O)c2ccc(Br)o2)[C@@H]2C=CS(=O)(=O)C2)c1. The third kappa shape index (κ3) is 3.47. The van der Waals surface area contributed by atoms with E-state index >= 15 is 0 Å². The smallest absolute Gasteiger partial charge is 0.294 e. The molecule has 1 aromatic carbocycles. The van der Waals surface area contributed by atoms with E-state index in [9.17, 15) is 13.2 Å². The molecular formula is C17H16BrNO4S. The van der Waals surface area contributed by atoms with E-state index in [0.29, 0.717) is 10.4 Å². The lowest BCUT2D eigenvalue weighted by Gasteiger charge is -2.27. The van der Waals surface area contributed by atoms with Crippen molar-refractivity contribution in [3.05, 3.63) is 63.4 Å². The molecule has 0 saturated heterocycles. The van der Waals surface area contributed by atoms with Gasteiger partial charge in [0.15, 0.2) is 20.3 Å². The predicted octanol–water partition coefficient (Wildman–Crippen LogP) is 3.62. The van der Waals surface area contributed by atoms with Gasteiger partial charge in [-0.1, -0.05) is 6.07 Å². The maximum atomic E-state index is 13.0. The number of furan rings is 1. The van der Waals surface area contributed by atoms with Gasteiger partial charge in [0.05, 0.1) is 11.8 Å². The van der Waals surface area contributed by atoms with Crippen molar-refractivity contribution in [3.8, 4) is 0 Å². The van der Waals surface area contributed by atoms with Crippen molar-refractivity contribution in [2.75, 3.05) is 10.7 Å². The number of sulfone groups is 1. The molecular weight excluding hydrogens is 394 g/mol. The van der Waals surface area contributed by atoms with E-state index in [1.54, 1.807) is 18.2 Å². The number of nitrogens with zero attached hydrogens (tertiary/aromatic N) is 1. The molecule has 1 amide bonds. The van der Waals surface area contributed by atoms with E-state index in [2.05, 4.69) is 15.9 Å². The highest BCUT2D eigenvalue weighted by Gasteiger charge is 2.33. The van der Waals surface area contributed by atoms with Crippen molar-refractivity contribution in [2.45, 2.75) is 19.9 Å². The minimum atomic E-state index is -3.29. The molecule has 5 nitrogen and oxygen atoms in total. The van der Waals surface area contributed by atoms with Crippen molar-refractivity contribution in [1.82, 2.24) is 0 Å². The summed E-state index contributed by atoms with van der Waals surface area (Å²) in [5.41, 5.74) is 2.64. The molecule has 1 aromatic heterocycles. The summed E-state index contributed by atoms with van der Waals surface area (Å²) in [4.78, 5) is 14.4. The Balaban J connectivity index is 2.07. The maximum absolute atomic E-state index is 13.0. The number of hydrogen-bond acceptors (Lipinski definition) is 4. The average molecular weight is 410 g/mol. The highest BCUT2D eigenvalue weighted by molar-refractivity contribution is 9.10. The first-order valence-electron chi connectivity index (χ1n) is 7.33. The molecule has 1 aliphatic heterocycles. The van der Waals surface area contributed by atoms with E-state index in [-0.39, 0.29) is 17.4 Å². The Labute approximate surface area is 149 Å². The fourth-order valence-corrected chi connectivity index (χ4v) is 4.39. The molecule has 24 heavy (non-hydrogen) atoms. The third-order valence-corrected chi connectivity index (χ3v) is 5.53. The van der Waals surface area contributed by atoms with Crippen molar-refractivity contribution >= 4 is 37.4 Å². The minimum Gasteiger partial charge on any atom is -0.444 e. The van der Waals surface area contributed by atoms with Gasteiger partial charge in [-0.05, 0) is 71.2 Å². The van der Waals surface area contributed by atoms with Gasteiger partial charge >= 0.3 is 0 Å². The molecule has 126 valence electrons. The molecule has 1 atom stereocenters. The Bertz CT molecular complexity index is 910. The normalized spacial score (nSPS) is 18.7. The van der Waals surface area contributed by atoms with Gasteiger partial charge in [-0.25, -0.2) is 8.42 Å². The fraction of sp³-hybridized carbons (Fsp3) is 0.235. The zero-order chi connectivity index (χ0) is 17.5. The standard InChI is InChI=1S/C17H16BrNO4S/c1-11-7-12(2)9-14(8-11)19(13-5-6-24(21,22)10-13)17(20)15-3-4-16(18)23-15/h3-9,13H,10H2,1-2H3/t13-/m1/s1. The molecule has 3 rings (SSSR count). The van der Waals surface area contributed by atoms with E-state index in [4.69, 9.17) is 4.42 Å². The Morgan fingerprint density at radius 2 is 1.88 bits per heavy atom. The van der Waals surface area contributed by atoms with Gasteiger partial charge < -0.3 is 4.42 Å². The summed E-state index contributed by atoms with van der Waals surface area (Å²) in [5, 5.41) is 1.17. The number of amides is 1. The van der Waals surface area contributed by atoms with Crippen LogP contribution in [0.3, 0.4) is 0 Å². The van der Waals surface area contributed by atoms with Crippen LogP contribution in [0.5, 0.6) is 0 Å². The summed E-state index contributed by atoms with van der Waals surface area (Å²) in [5.74, 6) is -0.357. The monoisotopic (exact) mass is 409 g/mol. The molecule has 0 radical (unpaired) electrons. The van der Waals surface area contributed by atoms with Crippen LogP contribution in [0.1, 0.15) is 21.7 Å². The van der Waals surface area contributed by atoms with Gasteiger partial charge in [0.1, 0.15) is 0 Å². The number of carbonyl (C=O) groups excluding carboxylic acids is 1. The number of anilines is 1. The fourth-order valence-electron chi connectivity index (χ4n) is 2.82. The number of hydrogen-bond donors (Lipinski definition) is 0. The van der Waals surface area contributed by atoms with Crippen molar-refractivity contribution in [2.24, 2.45) is 0 Å². The topological polar surface area (TPSA) is 67.6 Å². The predicted molar refractivity (Wildman–Crippen MR) is 95.8 cm³/mol. The Kier molecular flexibility index (Phi) is 4.40. The summed E-state index contributed by atoms with van der Waals surface area (Å²) >= 11 is 3.18. The first-order valence-corrected chi connectivity index (χ1v) is 9.84. The van der Waals surface area contributed by atoms with Crippen LogP contribution in [0.15, 0.2) is 50.9 Å². The number of carbonyl (C=O) groups is 1. The second kappa shape index (κ2) is 6.22. The molecule has 2 heterocycles. The minimum absolute atomic E-state index is 0.131. The van der Waals surface area contributed by atoms with Crippen LogP contribution in [-0.4, -0.2) is 26.1 Å². The lowest BCUT2D eigenvalue weighted by atomic mass is 10.1. The molecule has 0 spiro atoms. The summed E-state index contributed by atoms with van der Waals surface area (Å²) in [7, 11) is -3.29. The van der Waals surface area contributed by atoms with E-state index in [0.717, 1.165) is 11.1 Å². The average Bonchev–Trinajstić information content (AvgIpc) is 3.04. The molecule has 7 heteroatoms. The Morgan fingerprint density at radius 1 is 1.21 bits per heavy atom.